The van der Waals surface area contributed by atoms with E-state index >= 15 is 0 Å². The topological polar surface area (TPSA) is 20.2 Å². The molecule has 0 radical (unpaired) electrons. The molecule has 4 atom stereocenters. The van der Waals surface area contributed by atoms with Crippen LogP contribution in [0.25, 0.3) is 0 Å². The second-order valence-electron chi connectivity index (χ2n) is 8.90. The maximum atomic E-state index is 10.5. The lowest BCUT2D eigenvalue weighted by molar-refractivity contribution is 0.00253. The fourth-order valence-corrected chi connectivity index (χ4v) is 6.22. The van der Waals surface area contributed by atoms with Crippen LogP contribution in [0.15, 0.2) is 22.8 Å². The predicted molar refractivity (Wildman–Crippen MR) is 86.9 cm³/mol. The molecule has 0 aromatic heterocycles. The van der Waals surface area contributed by atoms with Gasteiger partial charge in [-0.25, -0.2) is 0 Å². The first kappa shape index (κ1) is 14.1. The minimum Gasteiger partial charge on any atom is -0.393 e. The molecule has 0 unspecified atom stereocenters. The Morgan fingerprint density at radius 2 is 1.86 bits per heavy atom. The summed E-state index contributed by atoms with van der Waals surface area (Å²) in [5, 5.41) is 10.5. The van der Waals surface area contributed by atoms with Crippen LogP contribution in [0.5, 0.6) is 0 Å². The summed E-state index contributed by atoms with van der Waals surface area (Å²) in [6.07, 6.45) is 12.4. The van der Waals surface area contributed by atoms with E-state index in [9.17, 15) is 5.11 Å². The highest BCUT2D eigenvalue weighted by molar-refractivity contribution is 5.46. The summed E-state index contributed by atoms with van der Waals surface area (Å²) in [6, 6.07) is 0. The lowest BCUT2D eigenvalue weighted by Gasteiger charge is -2.50. The summed E-state index contributed by atoms with van der Waals surface area (Å²) >= 11 is 0. The lowest BCUT2D eigenvalue weighted by atomic mass is 9.55. The summed E-state index contributed by atoms with van der Waals surface area (Å²) in [7, 11) is 0. The molecule has 0 amide bonds. The highest BCUT2D eigenvalue weighted by atomic mass is 16.3. The van der Waals surface area contributed by atoms with Gasteiger partial charge in [-0.15, -0.1) is 0 Å². The molecule has 0 aromatic carbocycles. The average molecular weight is 286 g/mol. The standard InChI is InChI=1S/C20H30O/c1-19(2)11-4-5-13-6-7-14-15(18(13)19)10-12-20(3)16(14)8-9-17(20)21/h5,14,16-17,21H,4,6-12H2,1-3H3/t14-,16+,17+,20+/m1/s1. The molecule has 21 heavy (non-hydrogen) atoms. The Labute approximate surface area is 129 Å². The second-order valence-corrected chi connectivity index (χ2v) is 8.90. The molecule has 1 nitrogen and oxygen atoms in total. The zero-order valence-electron chi connectivity index (χ0n) is 13.9. The molecule has 1 heteroatoms. The molecule has 0 bridgehead atoms. The number of hydrogen-bond donors (Lipinski definition) is 1. The van der Waals surface area contributed by atoms with E-state index in [0.29, 0.717) is 5.41 Å². The van der Waals surface area contributed by atoms with Gasteiger partial charge in [-0.05, 0) is 85.2 Å². The molecule has 0 heterocycles. The van der Waals surface area contributed by atoms with E-state index in [4.69, 9.17) is 0 Å². The van der Waals surface area contributed by atoms with E-state index < -0.39 is 0 Å². The van der Waals surface area contributed by atoms with Gasteiger partial charge in [0.2, 0.25) is 0 Å². The molecule has 4 aliphatic carbocycles. The molecule has 0 saturated heterocycles. The fourth-order valence-electron chi connectivity index (χ4n) is 6.22. The first-order chi connectivity index (χ1) is 9.93. The van der Waals surface area contributed by atoms with Gasteiger partial charge >= 0.3 is 0 Å². The maximum absolute atomic E-state index is 10.5. The molecule has 0 aliphatic heterocycles. The van der Waals surface area contributed by atoms with Crippen molar-refractivity contribution in [2.24, 2.45) is 22.7 Å². The Hall–Kier alpha value is -0.560. The summed E-state index contributed by atoms with van der Waals surface area (Å²) in [5.74, 6) is 1.51. The number of fused-ring (bicyclic) bond motifs is 4. The minimum atomic E-state index is -0.0506. The van der Waals surface area contributed by atoms with Crippen molar-refractivity contribution in [2.75, 3.05) is 0 Å². The van der Waals surface area contributed by atoms with Gasteiger partial charge in [0.25, 0.3) is 0 Å². The van der Waals surface area contributed by atoms with Crippen LogP contribution >= 0.6 is 0 Å². The molecule has 0 aromatic rings. The molecule has 2 fully saturated rings. The van der Waals surface area contributed by atoms with E-state index in [0.717, 1.165) is 18.3 Å². The molecule has 2 saturated carbocycles. The summed E-state index contributed by atoms with van der Waals surface area (Å²) in [6.45, 7) is 7.29. The lowest BCUT2D eigenvalue weighted by Crippen LogP contribution is -2.43. The third-order valence-corrected chi connectivity index (χ3v) is 7.43. The van der Waals surface area contributed by atoms with Crippen LogP contribution in [-0.2, 0) is 0 Å². The van der Waals surface area contributed by atoms with Crippen molar-refractivity contribution in [1.82, 2.24) is 0 Å². The van der Waals surface area contributed by atoms with Gasteiger partial charge in [-0.1, -0.05) is 32.4 Å². The Morgan fingerprint density at radius 1 is 1.05 bits per heavy atom. The van der Waals surface area contributed by atoms with Crippen molar-refractivity contribution in [3.63, 3.8) is 0 Å². The van der Waals surface area contributed by atoms with E-state index in [1.165, 1.54) is 44.9 Å². The van der Waals surface area contributed by atoms with Crippen LogP contribution in [0, 0.1) is 22.7 Å². The van der Waals surface area contributed by atoms with Crippen LogP contribution in [0.2, 0.25) is 0 Å². The van der Waals surface area contributed by atoms with Crippen LogP contribution in [0.4, 0.5) is 0 Å². The molecular formula is C20H30O. The van der Waals surface area contributed by atoms with Crippen molar-refractivity contribution in [3.8, 4) is 0 Å². The average Bonchev–Trinajstić information content (AvgIpc) is 2.74. The van der Waals surface area contributed by atoms with Gasteiger partial charge in [-0.2, -0.15) is 0 Å². The van der Waals surface area contributed by atoms with E-state index in [1.54, 1.807) is 16.7 Å². The second kappa shape index (κ2) is 4.47. The van der Waals surface area contributed by atoms with Gasteiger partial charge in [-0.3, -0.25) is 0 Å². The van der Waals surface area contributed by atoms with Crippen molar-refractivity contribution >= 4 is 0 Å². The Balaban J connectivity index is 1.80. The number of aliphatic hydroxyl groups excluding tert-OH is 1. The van der Waals surface area contributed by atoms with E-state index in [2.05, 4.69) is 26.8 Å². The third kappa shape index (κ3) is 1.86. The van der Waals surface area contributed by atoms with Crippen molar-refractivity contribution in [3.05, 3.63) is 22.8 Å². The minimum absolute atomic E-state index is 0.0506. The quantitative estimate of drug-likeness (QED) is 0.663. The van der Waals surface area contributed by atoms with Crippen LogP contribution in [0.3, 0.4) is 0 Å². The van der Waals surface area contributed by atoms with Gasteiger partial charge in [0, 0.05) is 0 Å². The summed E-state index contributed by atoms with van der Waals surface area (Å²) < 4.78 is 0. The Kier molecular flexibility index (Phi) is 2.99. The number of rotatable bonds is 0. The molecule has 4 aliphatic rings. The predicted octanol–water partition coefficient (Wildman–Crippen LogP) is 5.01. The normalized spacial score (nSPS) is 44.8. The number of aliphatic hydroxyl groups is 1. The van der Waals surface area contributed by atoms with Crippen molar-refractivity contribution in [1.29, 1.82) is 0 Å². The van der Waals surface area contributed by atoms with Crippen LogP contribution in [0.1, 0.15) is 72.1 Å². The van der Waals surface area contributed by atoms with Gasteiger partial charge in [0.15, 0.2) is 0 Å². The monoisotopic (exact) mass is 286 g/mol. The highest BCUT2D eigenvalue weighted by Gasteiger charge is 2.53. The van der Waals surface area contributed by atoms with Crippen LogP contribution < -0.4 is 0 Å². The zero-order valence-corrected chi connectivity index (χ0v) is 13.9. The fraction of sp³-hybridized carbons (Fsp3) is 0.800. The van der Waals surface area contributed by atoms with Gasteiger partial charge in [0.1, 0.15) is 0 Å². The molecular weight excluding hydrogens is 256 g/mol. The van der Waals surface area contributed by atoms with E-state index in [-0.39, 0.29) is 11.5 Å². The third-order valence-electron chi connectivity index (χ3n) is 7.43. The smallest absolute Gasteiger partial charge is 0.0596 e. The van der Waals surface area contributed by atoms with Crippen molar-refractivity contribution in [2.45, 2.75) is 78.2 Å². The maximum Gasteiger partial charge on any atom is 0.0596 e. The number of allylic oxidation sites excluding steroid dienone is 4. The largest absolute Gasteiger partial charge is 0.393 e. The SMILES string of the molecule is CC1(C)CCC=C2CC[C@@H]3C(=C21)CC[C@]1(C)[C@@H](O)CC[C@@H]31. The Morgan fingerprint density at radius 3 is 2.67 bits per heavy atom. The molecule has 0 spiro atoms. The van der Waals surface area contributed by atoms with Gasteiger partial charge < -0.3 is 5.11 Å². The zero-order chi connectivity index (χ0) is 14.8. The van der Waals surface area contributed by atoms with Crippen molar-refractivity contribution < 1.29 is 5.11 Å². The molecule has 1 N–H and O–H groups in total. The summed E-state index contributed by atoms with van der Waals surface area (Å²) in [5.41, 5.74) is 5.81. The first-order valence-corrected chi connectivity index (χ1v) is 9.04. The Bertz CT molecular complexity index is 524. The molecule has 116 valence electrons. The van der Waals surface area contributed by atoms with Crippen LogP contribution in [-0.4, -0.2) is 11.2 Å². The first-order valence-electron chi connectivity index (χ1n) is 9.04. The molecule has 4 rings (SSSR count). The highest BCUT2D eigenvalue weighted by Crippen LogP contribution is 2.61. The van der Waals surface area contributed by atoms with E-state index in [1.807, 2.05) is 0 Å². The summed E-state index contributed by atoms with van der Waals surface area (Å²) in [4.78, 5) is 0. The number of hydrogen-bond acceptors (Lipinski definition) is 1. The van der Waals surface area contributed by atoms with Gasteiger partial charge in [0.05, 0.1) is 6.10 Å².